The molecule has 0 bridgehead atoms. The molecule has 1 aromatic carbocycles. The lowest BCUT2D eigenvalue weighted by atomic mass is 10.2. The molecule has 0 N–H and O–H groups in total. The Morgan fingerprint density at radius 2 is 1.39 bits per heavy atom. The van der Waals surface area contributed by atoms with Gasteiger partial charge in [0.15, 0.2) is 0 Å². The summed E-state index contributed by atoms with van der Waals surface area (Å²) in [5.41, 5.74) is 1.26. The van der Waals surface area contributed by atoms with Crippen molar-refractivity contribution in [3.8, 4) is 0 Å². The molecule has 0 unspecified atom stereocenters. The van der Waals surface area contributed by atoms with Crippen LogP contribution >= 0.6 is 0 Å². The molecule has 1 rings (SSSR count). The maximum absolute atomic E-state index is 11.4. The summed E-state index contributed by atoms with van der Waals surface area (Å²) in [5.74, 6) is -1.13. The number of hydrogen-bond donors (Lipinski definition) is 0. The Labute approximate surface area is 135 Å². The van der Waals surface area contributed by atoms with Crippen molar-refractivity contribution in [2.75, 3.05) is 38.3 Å². The maximum Gasteiger partial charge on any atom is 0.337 e. The molecule has 1 aromatic rings. The standard InChI is InChI=1S/C16H21NO6/c1-12(18)22-10-8-17(9-11-23-13(2)19)15-6-4-14(5-7-15)16(20)21-3/h4-7H,8-11H2,1-3H3. The molecule has 126 valence electrons. The summed E-state index contributed by atoms with van der Waals surface area (Å²) in [7, 11) is 1.32. The van der Waals surface area contributed by atoms with Crippen molar-refractivity contribution < 1.29 is 28.6 Å². The molecule has 0 aliphatic carbocycles. The Bertz CT molecular complexity index is 520. The van der Waals surface area contributed by atoms with Crippen LogP contribution in [-0.4, -0.2) is 51.3 Å². The van der Waals surface area contributed by atoms with Gasteiger partial charge in [-0.25, -0.2) is 4.79 Å². The fraction of sp³-hybridized carbons (Fsp3) is 0.438. The van der Waals surface area contributed by atoms with Crippen LogP contribution in [0.1, 0.15) is 24.2 Å². The molecular weight excluding hydrogens is 302 g/mol. The van der Waals surface area contributed by atoms with Gasteiger partial charge in [0.25, 0.3) is 0 Å². The number of esters is 3. The summed E-state index contributed by atoms with van der Waals surface area (Å²) in [5, 5.41) is 0. The zero-order valence-electron chi connectivity index (χ0n) is 13.5. The van der Waals surface area contributed by atoms with Gasteiger partial charge in [-0.05, 0) is 24.3 Å². The summed E-state index contributed by atoms with van der Waals surface area (Å²) in [4.78, 5) is 35.0. The highest BCUT2D eigenvalue weighted by Crippen LogP contribution is 2.15. The van der Waals surface area contributed by atoms with Crippen molar-refractivity contribution in [1.82, 2.24) is 0 Å². The van der Waals surface area contributed by atoms with E-state index in [0.717, 1.165) is 5.69 Å². The molecule has 23 heavy (non-hydrogen) atoms. The third kappa shape index (κ3) is 6.82. The van der Waals surface area contributed by atoms with E-state index in [0.29, 0.717) is 18.7 Å². The molecule has 0 heterocycles. The molecule has 0 amide bonds. The van der Waals surface area contributed by atoms with E-state index < -0.39 is 5.97 Å². The molecule has 0 aromatic heterocycles. The Kier molecular flexibility index (Phi) is 7.59. The molecule has 0 aliphatic rings. The average Bonchev–Trinajstić information content (AvgIpc) is 2.52. The minimum atomic E-state index is -0.414. The summed E-state index contributed by atoms with van der Waals surface area (Å²) >= 11 is 0. The first-order valence-electron chi connectivity index (χ1n) is 7.14. The number of anilines is 1. The predicted molar refractivity (Wildman–Crippen MR) is 83.3 cm³/mol. The SMILES string of the molecule is COC(=O)c1ccc(N(CCOC(C)=O)CCOC(C)=O)cc1. The van der Waals surface area contributed by atoms with Crippen LogP contribution in [0.5, 0.6) is 0 Å². The second-order valence-corrected chi connectivity index (χ2v) is 4.71. The summed E-state index contributed by atoms with van der Waals surface area (Å²) in [6.07, 6.45) is 0. The van der Waals surface area contributed by atoms with Crippen molar-refractivity contribution in [3.63, 3.8) is 0 Å². The van der Waals surface area contributed by atoms with E-state index in [4.69, 9.17) is 9.47 Å². The molecule has 7 heteroatoms. The van der Waals surface area contributed by atoms with Gasteiger partial charge in [0.1, 0.15) is 13.2 Å². The van der Waals surface area contributed by atoms with E-state index in [1.807, 2.05) is 4.90 Å². The molecular formula is C16H21NO6. The first-order valence-corrected chi connectivity index (χ1v) is 7.14. The zero-order chi connectivity index (χ0) is 17.2. The van der Waals surface area contributed by atoms with Crippen molar-refractivity contribution in [2.24, 2.45) is 0 Å². The van der Waals surface area contributed by atoms with E-state index in [-0.39, 0.29) is 25.2 Å². The van der Waals surface area contributed by atoms with Crippen LogP contribution < -0.4 is 4.90 Å². The van der Waals surface area contributed by atoms with Crippen LogP contribution in [0, 0.1) is 0 Å². The number of carbonyl (C=O) groups excluding carboxylic acids is 3. The topological polar surface area (TPSA) is 82.1 Å². The summed E-state index contributed by atoms with van der Waals surface area (Å²) < 4.78 is 14.5. The largest absolute Gasteiger partial charge is 0.465 e. The highest BCUT2D eigenvalue weighted by atomic mass is 16.5. The quantitative estimate of drug-likeness (QED) is 0.528. The van der Waals surface area contributed by atoms with Gasteiger partial charge in [-0.2, -0.15) is 0 Å². The number of ether oxygens (including phenoxy) is 3. The lowest BCUT2D eigenvalue weighted by Crippen LogP contribution is -2.31. The first-order chi connectivity index (χ1) is 10.9. The molecule has 0 saturated heterocycles. The number of carbonyl (C=O) groups is 3. The van der Waals surface area contributed by atoms with Crippen LogP contribution in [0.25, 0.3) is 0 Å². The van der Waals surface area contributed by atoms with Gasteiger partial charge in [0.05, 0.1) is 25.8 Å². The molecule has 0 atom stereocenters. The van der Waals surface area contributed by atoms with Crippen molar-refractivity contribution >= 4 is 23.6 Å². The fourth-order valence-corrected chi connectivity index (χ4v) is 1.90. The molecule has 0 radical (unpaired) electrons. The van der Waals surface area contributed by atoms with E-state index >= 15 is 0 Å². The number of rotatable bonds is 8. The normalized spacial score (nSPS) is 9.87. The summed E-state index contributed by atoms with van der Waals surface area (Å²) in [6.45, 7) is 4.00. The maximum atomic E-state index is 11.4. The second kappa shape index (κ2) is 9.45. The predicted octanol–water partition coefficient (Wildman–Crippen LogP) is 1.41. The van der Waals surface area contributed by atoms with Gasteiger partial charge in [0.2, 0.25) is 0 Å². The van der Waals surface area contributed by atoms with Crippen LogP contribution in [0.15, 0.2) is 24.3 Å². The third-order valence-corrected chi connectivity index (χ3v) is 2.99. The minimum absolute atomic E-state index is 0.216. The molecule has 0 spiro atoms. The monoisotopic (exact) mass is 323 g/mol. The van der Waals surface area contributed by atoms with E-state index in [2.05, 4.69) is 4.74 Å². The van der Waals surface area contributed by atoms with Gasteiger partial charge < -0.3 is 19.1 Å². The van der Waals surface area contributed by atoms with Crippen molar-refractivity contribution in [1.29, 1.82) is 0 Å². The Balaban J connectivity index is 2.73. The van der Waals surface area contributed by atoms with Crippen LogP contribution in [0.2, 0.25) is 0 Å². The van der Waals surface area contributed by atoms with Gasteiger partial charge >= 0.3 is 17.9 Å². The number of methoxy groups -OCH3 is 1. The lowest BCUT2D eigenvalue weighted by Gasteiger charge is -2.24. The smallest absolute Gasteiger partial charge is 0.337 e. The Morgan fingerprint density at radius 3 is 1.78 bits per heavy atom. The Morgan fingerprint density at radius 1 is 0.913 bits per heavy atom. The van der Waals surface area contributed by atoms with E-state index in [1.165, 1.54) is 21.0 Å². The van der Waals surface area contributed by atoms with Gasteiger partial charge in [-0.1, -0.05) is 0 Å². The van der Waals surface area contributed by atoms with E-state index in [1.54, 1.807) is 24.3 Å². The van der Waals surface area contributed by atoms with Crippen LogP contribution in [0.4, 0.5) is 5.69 Å². The molecule has 0 aliphatic heterocycles. The van der Waals surface area contributed by atoms with Crippen LogP contribution in [-0.2, 0) is 23.8 Å². The van der Waals surface area contributed by atoms with Crippen molar-refractivity contribution in [3.05, 3.63) is 29.8 Å². The van der Waals surface area contributed by atoms with Crippen molar-refractivity contribution in [2.45, 2.75) is 13.8 Å². The molecule has 7 nitrogen and oxygen atoms in total. The zero-order valence-corrected chi connectivity index (χ0v) is 13.5. The average molecular weight is 323 g/mol. The molecule has 0 saturated carbocycles. The van der Waals surface area contributed by atoms with Gasteiger partial charge in [-0.15, -0.1) is 0 Å². The van der Waals surface area contributed by atoms with E-state index in [9.17, 15) is 14.4 Å². The fourth-order valence-electron chi connectivity index (χ4n) is 1.90. The third-order valence-electron chi connectivity index (χ3n) is 2.99. The first kappa shape index (κ1) is 18.5. The lowest BCUT2D eigenvalue weighted by molar-refractivity contribution is -0.141. The highest BCUT2D eigenvalue weighted by Gasteiger charge is 2.10. The van der Waals surface area contributed by atoms with Crippen LogP contribution in [0.3, 0.4) is 0 Å². The molecule has 0 fully saturated rings. The minimum Gasteiger partial charge on any atom is -0.465 e. The highest BCUT2D eigenvalue weighted by molar-refractivity contribution is 5.89. The van der Waals surface area contributed by atoms with Gasteiger partial charge in [-0.3, -0.25) is 9.59 Å². The second-order valence-electron chi connectivity index (χ2n) is 4.71. The Hall–Kier alpha value is -2.57. The van der Waals surface area contributed by atoms with Gasteiger partial charge in [0, 0.05) is 19.5 Å². The number of benzene rings is 1. The summed E-state index contributed by atoms with van der Waals surface area (Å²) in [6, 6.07) is 6.80. The number of hydrogen-bond acceptors (Lipinski definition) is 7. The number of nitrogens with zero attached hydrogens (tertiary/aromatic N) is 1.